The Bertz CT molecular complexity index is 557. The van der Waals surface area contributed by atoms with Crippen LogP contribution in [0.5, 0.6) is 0 Å². The maximum atomic E-state index is 10.9. The molecule has 0 radical (unpaired) electrons. The van der Waals surface area contributed by atoms with Crippen LogP contribution < -0.4 is 0 Å². The molecule has 0 amide bonds. The number of methoxy groups -OCH3 is 1. The van der Waals surface area contributed by atoms with Crippen molar-refractivity contribution in [1.82, 2.24) is 4.57 Å². The SMILES string of the molecule is CCn1cc(COC)c2ccc(C(=O)O)cc21. The summed E-state index contributed by atoms with van der Waals surface area (Å²) in [7, 11) is 1.65. The van der Waals surface area contributed by atoms with E-state index in [1.165, 1.54) is 0 Å². The Labute approximate surface area is 99.4 Å². The first-order chi connectivity index (χ1) is 8.17. The average Bonchev–Trinajstić information content (AvgIpc) is 2.67. The molecule has 1 N–H and O–H groups in total. The maximum absolute atomic E-state index is 10.9. The molecule has 0 fully saturated rings. The second-order valence-corrected chi connectivity index (χ2v) is 3.91. The highest BCUT2D eigenvalue weighted by Crippen LogP contribution is 2.23. The fourth-order valence-corrected chi connectivity index (χ4v) is 2.03. The molecule has 0 bridgehead atoms. The Hall–Kier alpha value is -1.81. The molecule has 1 aromatic heterocycles. The number of aromatic nitrogens is 1. The molecule has 1 aromatic carbocycles. The molecule has 0 unspecified atom stereocenters. The van der Waals surface area contributed by atoms with E-state index in [1.807, 2.05) is 23.8 Å². The fourth-order valence-electron chi connectivity index (χ4n) is 2.03. The van der Waals surface area contributed by atoms with Crippen LogP contribution in [0.15, 0.2) is 24.4 Å². The van der Waals surface area contributed by atoms with Gasteiger partial charge in [-0.25, -0.2) is 4.79 Å². The summed E-state index contributed by atoms with van der Waals surface area (Å²) in [6, 6.07) is 5.18. The second kappa shape index (κ2) is 4.59. The number of aryl methyl sites for hydroxylation is 1. The number of benzene rings is 1. The molecule has 2 aromatic rings. The molecule has 0 saturated heterocycles. The van der Waals surface area contributed by atoms with E-state index in [2.05, 4.69) is 0 Å². The fraction of sp³-hybridized carbons (Fsp3) is 0.308. The van der Waals surface area contributed by atoms with Crippen molar-refractivity contribution < 1.29 is 14.6 Å². The summed E-state index contributed by atoms with van der Waals surface area (Å²) in [5.74, 6) is -0.899. The number of nitrogens with zero attached hydrogens (tertiary/aromatic N) is 1. The van der Waals surface area contributed by atoms with E-state index in [1.54, 1.807) is 19.2 Å². The van der Waals surface area contributed by atoms with Gasteiger partial charge in [-0.15, -0.1) is 0 Å². The largest absolute Gasteiger partial charge is 0.478 e. The van der Waals surface area contributed by atoms with Crippen LogP contribution in [0, 0.1) is 0 Å². The van der Waals surface area contributed by atoms with Gasteiger partial charge in [-0.2, -0.15) is 0 Å². The first kappa shape index (κ1) is 11.7. The van der Waals surface area contributed by atoms with Gasteiger partial charge in [0.25, 0.3) is 0 Å². The molecular weight excluding hydrogens is 218 g/mol. The lowest BCUT2D eigenvalue weighted by Gasteiger charge is -2.01. The van der Waals surface area contributed by atoms with Gasteiger partial charge in [0, 0.05) is 36.3 Å². The van der Waals surface area contributed by atoms with E-state index in [0.29, 0.717) is 12.2 Å². The van der Waals surface area contributed by atoms with Gasteiger partial charge < -0.3 is 14.4 Å². The minimum atomic E-state index is -0.899. The molecule has 0 saturated carbocycles. The van der Waals surface area contributed by atoms with Crippen LogP contribution in [0.1, 0.15) is 22.8 Å². The summed E-state index contributed by atoms with van der Waals surface area (Å²) < 4.78 is 7.18. The van der Waals surface area contributed by atoms with Crippen molar-refractivity contribution in [3.05, 3.63) is 35.5 Å². The van der Waals surface area contributed by atoms with Crippen molar-refractivity contribution in [1.29, 1.82) is 0 Å². The Kier molecular flexibility index (Phi) is 3.15. The predicted molar refractivity (Wildman–Crippen MR) is 65.3 cm³/mol. The molecule has 0 aliphatic carbocycles. The summed E-state index contributed by atoms with van der Waals surface area (Å²) in [6.07, 6.45) is 2.01. The first-order valence-electron chi connectivity index (χ1n) is 5.51. The standard InChI is InChI=1S/C13H15NO3/c1-3-14-7-10(8-17-2)11-5-4-9(13(15)16)6-12(11)14/h4-7H,3,8H2,1-2H3,(H,15,16). The zero-order chi connectivity index (χ0) is 12.4. The number of rotatable bonds is 4. The van der Waals surface area contributed by atoms with Crippen LogP contribution in [-0.4, -0.2) is 22.8 Å². The van der Waals surface area contributed by atoms with E-state index in [-0.39, 0.29) is 0 Å². The van der Waals surface area contributed by atoms with Gasteiger partial charge in [0.1, 0.15) is 0 Å². The smallest absolute Gasteiger partial charge is 0.335 e. The van der Waals surface area contributed by atoms with Crippen molar-refractivity contribution in [3.63, 3.8) is 0 Å². The van der Waals surface area contributed by atoms with Crippen LogP contribution in [0.3, 0.4) is 0 Å². The van der Waals surface area contributed by atoms with Crippen molar-refractivity contribution in [2.45, 2.75) is 20.1 Å². The number of carboxylic acid groups (broad SMARTS) is 1. The Balaban J connectivity index is 2.63. The molecule has 0 aliphatic rings. The lowest BCUT2D eigenvalue weighted by molar-refractivity contribution is 0.0697. The third-order valence-electron chi connectivity index (χ3n) is 2.85. The number of ether oxygens (including phenoxy) is 1. The molecule has 0 atom stereocenters. The summed E-state index contributed by atoms with van der Waals surface area (Å²) >= 11 is 0. The second-order valence-electron chi connectivity index (χ2n) is 3.91. The Morgan fingerprint density at radius 3 is 2.82 bits per heavy atom. The zero-order valence-electron chi connectivity index (χ0n) is 9.93. The molecule has 90 valence electrons. The topological polar surface area (TPSA) is 51.5 Å². The maximum Gasteiger partial charge on any atom is 0.335 e. The highest BCUT2D eigenvalue weighted by Gasteiger charge is 2.10. The number of carbonyl (C=O) groups is 1. The van der Waals surface area contributed by atoms with E-state index in [4.69, 9.17) is 9.84 Å². The molecule has 2 rings (SSSR count). The van der Waals surface area contributed by atoms with Gasteiger partial charge in [0.15, 0.2) is 0 Å². The van der Waals surface area contributed by atoms with Gasteiger partial charge in [-0.1, -0.05) is 6.07 Å². The number of hydrogen-bond donors (Lipinski definition) is 1. The van der Waals surface area contributed by atoms with Crippen LogP contribution in [-0.2, 0) is 17.9 Å². The van der Waals surface area contributed by atoms with Crippen LogP contribution in [0.2, 0.25) is 0 Å². The third-order valence-corrected chi connectivity index (χ3v) is 2.85. The van der Waals surface area contributed by atoms with Gasteiger partial charge in [-0.05, 0) is 19.1 Å². The van der Waals surface area contributed by atoms with Crippen LogP contribution >= 0.6 is 0 Å². The van der Waals surface area contributed by atoms with Gasteiger partial charge >= 0.3 is 5.97 Å². The molecule has 0 aliphatic heterocycles. The van der Waals surface area contributed by atoms with Crippen LogP contribution in [0.25, 0.3) is 10.9 Å². The summed E-state index contributed by atoms with van der Waals surface area (Å²) in [5, 5.41) is 10.0. The molecule has 4 nitrogen and oxygen atoms in total. The van der Waals surface area contributed by atoms with Crippen LogP contribution in [0.4, 0.5) is 0 Å². The van der Waals surface area contributed by atoms with Crippen molar-refractivity contribution in [2.24, 2.45) is 0 Å². The predicted octanol–water partition coefficient (Wildman–Crippen LogP) is 2.51. The van der Waals surface area contributed by atoms with Gasteiger partial charge in [-0.3, -0.25) is 0 Å². The lowest BCUT2D eigenvalue weighted by Crippen LogP contribution is -1.97. The minimum Gasteiger partial charge on any atom is -0.478 e. The zero-order valence-corrected chi connectivity index (χ0v) is 9.93. The van der Waals surface area contributed by atoms with E-state index >= 15 is 0 Å². The normalized spacial score (nSPS) is 10.9. The summed E-state index contributed by atoms with van der Waals surface area (Å²) in [6.45, 7) is 3.38. The third kappa shape index (κ3) is 2.03. The highest BCUT2D eigenvalue weighted by atomic mass is 16.5. The molecule has 17 heavy (non-hydrogen) atoms. The molecule has 0 spiro atoms. The van der Waals surface area contributed by atoms with E-state index in [0.717, 1.165) is 23.0 Å². The van der Waals surface area contributed by atoms with Gasteiger partial charge in [0.2, 0.25) is 0 Å². The number of carboxylic acids is 1. The van der Waals surface area contributed by atoms with Crippen molar-refractivity contribution in [2.75, 3.05) is 7.11 Å². The van der Waals surface area contributed by atoms with Crippen molar-refractivity contribution in [3.8, 4) is 0 Å². The molecule has 4 heteroatoms. The number of aromatic carboxylic acids is 1. The quantitative estimate of drug-likeness (QED) is 0.882. The lowest BCUT2D eigenvalue weighted by atomic mass is 10.1. The number of hydrogen-bond acceptors (Lipinski definition) is 2. The monoisotopic (exact) mass is 233 g/mol. The first-order valence-corrected chi connectivity index (χ1v) is 5.51. The Morgan fingerprint density at radius 1 is 1.47 bits per heavy atom. The molecule has 1 heterocycles. The molecular formula is C13H15NO3. The number of fused-ring (bicyclic) bond motifs is 1. The van der Waals surface area contributed by atoms with E-state index < -0.39 is 5.97 Å². The highest BCUT2D eigenvalue weighted by molar-refractivity contribution is 5.94. The summed E-state index contributed by atoms with van der Waals surface area (Å²) in [4.78, 5) is 10.9. The Morgan fingerprint density at radius 2 is 2.24 bits per heavy atom. The summed E-state index contributed by atoms with van der Waals surface area (Å²) in [5.41, 5.74) is 2.34. The van der Waals surface area contributed by atoms with E-state index in [9.17, 15) is 4.79 Å². The van der Waals surface area contributed by atoms with Crippen molar-refractivity contribution >= 4 is 16.9 Å². The van der Waals surface area contributed by atoms with Gasteiger partial charge in [0.05, 0.1) is 12.2 Å². The average molecular weight is 233 g/mol. The minimum absolute atomic E-state index is 0.314.